The first-order valence-electron chi connectivity index (χ1n) is 13.5. The third-order valence-corrected chi connectivity index (χ3v) is 7.53. The van der Waals surface area contributed by atoms with Gasteiger partial charge in [0.2, 0.25) is 11.8 Å². The Hall–Kier alpha value is -3.46. The predicted molar refractivity (Wildman–Crippen MR) is 143 cm³/mol. The van der Waals surface area contributed by atoms with Gasteiger partial charge in [-0.25, -0.2) is 19.2 Å². The molecule has 0 saturated carbocycles. The fourth-order valence-corrected chi connectivity index (χ4v) is 5.41. The van der Waals surface area contributed by atoms with Gasteiger partial charge in [0.05, 0.1) is 13.1 Å². The van der Waals surface area contributed by atoms with E-state index in [9.17, 15) is 18.8 Å². The van der Waals surface area contributed by atoms with Crippen molar-refractivity contribution in [3.8, 4) is 0 Å². The number of likely N-dealkylation sites (N-methyl/N-ethyl adjacent to an activating group) is 1. The molecule has 0 bridgehead atoms. The molecule has 2 fully saturated rings. The highest BCUT2D eigenvalue weighted by Crippen LogP contribution is 2.35. The normalized spacial score (nSPS) is 20.9. The van der Waals surface area contributed by atoms with Crippen molar-refractivity contribution in [3.63, 3.8) is 0 Å². The molecule has 4 amide bonds. The molecule has 0 aromatic heterocycles. The van der Waals surface area contributed by atoms with Crippen LogP contribution < -0.4 is 5.32 Å². The first-order valence-corrected chi connectivity index (χ1v) is 13.5. The molecule has 38 heavy (non-hydrogen) atoms. The Morgan fingerprint density at radius 2 is 1.79 bits per heavy atom. The zero-order valence-electron chi connectivity index (χ0n) is 22.5. The van der Waals surface area contributed by atoms with Gasteiger partial charge < -0.3 is 15.1 Å². The summed E-state index contributed by atoms with van der Waals surface area (Å²) in [7, 11) is 1.71. The molecule has 0 radical (unpaired) electrons. The Morgan fingerprint density at radius 3 is 2.45 bits per heavy atom. The molecule has 3 atom stereocenters. The van der Waals surface area contributed by atoms with Crippen molar-refractivity contribution in [2.24, 2.45) is 5.92 Å². The van der Waals surface area contributed by atoms with E-state index in [1.807, 2.05) is 35.2 Å². The summed E-state index contributed by atoms with van der Waals surface area (Å²) in [6, 6.07) is 14.1. The number of urea groups is 1. The molecule has 0 aliphatic carbocycles. The maximum atomic E-state index is 13.9. The first kappa shape index (κ1) is 27.6. The van der Waals surface area contributed by atoms with Crippen LogP contribution in [0.15, 0.2) is 54.6 Å². The standard InChI is InChI=1S/C29H38FN5O3/c1-4-6-10-21(5-2)18-33-19-25-34(27(28(33)37)23-11-8-7-9-12-23)26(36)20-32(3)35(25)29(38)31-17-22-13-15-24(30)16-14-22/h7-9,11-16,21,25,27H,4-6,10,17-20H2,1-3H3,(H,31,38)/t21?,25?,27-/m0/s1. The minimum Gasteiger partial charge on any atom is -0.336 e. The van der Waals surface area contributed by atoms with Gasteiger partial charge >= 0.3 is 6.03 Å². The number of hydrogen-bond donors (Lipinski definition) is 1. The topological polar surface area (TPSA) is 76.2 Å². The Bertz CT molecular complexity index is 1110. The van der Waals surface area contributed by atoms with Crippen LogP contribution in [-0.2, 0) is 16.1 Å². The quantitative estimate of drug-likeness (QED) is 0.536. The molecule has 2 heterocycles. The SMILES string of the molecule is CCCCC(CC)CN1CC2N(C(=O)CN(C)N2C(=O)NCc2ccc(F)cc2)[C@@H](c2ccccc2)C1=O. The lowest BCUT2D eigenvalue weighted by Crippen LogP contribution is -2.74. The van der Waals surface area contributed by atoms with Gasteiger partial charge in [0.25, 0.3) is 0 Å². The van der Waals surface area contributed by atoms with E-state index < -0.39 is 12.2 Å². The summed E-state index contributed by atoms with van der Waals surface area (Å²) >= 11 is 0. The van der Waals surface area contributed by atoms with E-state index in [0.29, 0.717) is 12.5 Å². The second-order valence-corrected chi connectivity index (χ2v) is 10.2. The third-order valence-electron chi connectivity index (χ3n) is 7.53. The highest BCUT2D eigenvalue weighted by Gasteiger charge is 2.51. The van der Waals surface area contributed by atoms with Crippen LogP contribution >= 0.6 is 0 Å². The van der Waals surface area contributed by atoms with Crippen molar-refractivity contribution in [1.29, 1.82) is 0 Å². The van der Waals surface area contributed by atoms with E-state index in [0.717, 1.165) is 36.8 Å². The van der Waals surface area contributed by atoms with Gasteiger partial charge in [-0.15, -0.1) is 0 Å². The molecule has 0 spiro atoms. The van der Waals surface area contributed by atoms with Crippen LogP contribution in [0, 0.1) is 11.7 Å². The van der Waals surface area contributed by atoms with Crippen LogP contribution in [0.1, 0.15) is 56.7 Å². The number of piperazine rings is 1. The van der Waals surface area contributed by atoms with Crippen molar-refractivity contribution in [2.45, 2.75) is 58.3 Å². The van der Waals surface area contributed by atoms with Gasteiger partial charge in [0.1, 0.15) is 18.0 Å². The van der Waals surface area contributed by atoms with E-state index in [4.69, 9.17) is 0 Å². The van der Waals surface area contributed by atoms with Gasteiger partial charge in [0, 0.05) is 20.1 Å². The first-order chi connectivity index (χ1) is 18.3. The third kappa shape index (κ3) is 5.99. The number of hydrogen-bond acceptors (Lipinski definition) is 4. The van der Waals surface area contributed by atoms with E-state index in [1.54, 1.807) is 34.1 Å². The number of benzene rings is 2. The van der Waals surface area contributed by atoms with Crippen LogP contribution in [0.5, 0.6) is 0 Å². The highest BCUT2D eigenvalue weighted by atomic mass is 19.1. The van der Waals surface area contributed by atoms with Crippen LogP contribution in [-0.4, -0.2) is 70.5 Å². The summed E-state index contributed by atoms with van der Waals surface area (Å²) in [5.41, 5.74) is 1.50. The molecule has 2 aliphatic rings. The van der Waals surface area contributed by atoms with Gasteiger partial charge in [-0.2, -0.15) is 0 Å². The summed E-state index contributed by atoms with van der Waals surface area (Å²) in [6.07, 6.45) is 3.52. The number of carbonyl (C=O) groups excluding carboxylic acids is 3. The largest absolute Gasteiger partial charge is 0.336 e. The number of unbranched alkanes of at least 4 members (excludes halogenated alkanes) is 1. The number of halogens is 1. The molecule has 2 unspecified atom stereocenters. The second kappa shape index (κ2) is 12.4. The molecule has 2 aliphatic heterocycles. The lowest BCUT2D eigenvalue weighted by atomic mass is 9.95. The number of nitrogens with one attached hydrogen (secondary N) is 1. The van der Waals surface area contributed by atoms with Gasteiger partial charge in [-0.05, 0) is 35.6 Å². The number of fused-ring (bicyclic) bond motifs is 1. The molecule has 1 N–H and O–H groups in total. The van der Waals surface area contributed by atoms with Crippen molar-refractivity contribution in [1.82, 2.24) is 25.1 Å². The Morgan fingerprint density at radius 1 is 1.08 bits per heavy atom. The minimum absolute atomic E-state index is 0.0227. The average Bonchev–Trinajstić information content (AvgIpc) is 2.91. The Labute approximate surface area is 224 Å². The molecule has 8 nitrogen and oxygen atoms in total. The summed E-state index contributed by atoms with van der Waals surface area (Å²) in [4.78, 5) is 44.3. The second-order valence-electron chi connectivity index (χ2n) is 10.2. The van der Waals surface area contributed by atoms with Crippen LogP contribution in [0.2, 0.25) is 0 Å². The average molecular weight is 524 g/mol. The molecule has 204 valence electrons. The van der Waals surface area contributed by atoms with Crippen LogP contribution in [0.3, 0.4) is 0 Å². The number of rotatable bonds is 9. The molecule has 2 saturated heterocycles. The molecule has 2 aromatic carbocycles. The van der Waals surface area contributed by atoms with Crippen LogP contribution in [0.25, 0.3) is 0 Å². The summed E-state index contributed by atoms with van der Waals surface area (Å²) < 4.78 is 13.3. The summed E-state index contributed by atoms with van der Waals surface area (Å²) in [6.45, 7) is 5.32. The minimum atomic E-state index is -0.799. The smallest absolute Gasteiger partial charge is 0.334 e. The van der Waals surface area contributed by atoms with Crippen molar-refractivity contribution in [2.75, 3.05) is 26.7 Å². The van der Waals surface area contributed by atoms with Gasteiger partial charge in [-0.3, -0.25) is 9.59 Å². The lowest BCUT2D eigenvalue weighted by Gasteiger charge is -2.54. The molecule has 2 aromatic rings. The summed E-state index contributed by atoms with van der Waals surface area (Å²) in [5.74, 6) is -0.292. The van der Waals surface area contributed by atoms with Crippen molar-refractivity contribution < 1.29 is 18.8 Å². The highest BCUT2D eigenvalue weighted by molar-refractivity contribution is 5.92. The monoisotopic (exact) mass is 523 g/mol. The van der Waals surface area contributed by atoms with Gasteiger partial charge in [0.15, 0.2) is 0 Å². The predicted octanol–water partition coefficient (Wildman–Crippen LogP) is 4.15. The molecule has 9 heteroatoms. The molecular weight excluding hydrogens is 485 g/mol. The van der Waals surface area contributed by atoms with Crippen molar-refractivity contribution in [3.05, 3.63) is 71.5 Å². The van der Waals surface area contributed by atoms with Crippen molar-refractivity contribution >= 4 is 17.8 Å². The number of nitrogens with zero attached hydrogens (tertiary/aromatic N) is 4. The zero-order chi connectivity index (χ0) is 27.2. The van der Waals surface area contributed by atoms with Gasteiger partial charge in [-0.1, -0.05) is 75.6 Å². The zero-order valence-corrected chi connectivity index (χ0v) is 22.5. The molecule has 4 rings (SSSR count). The number of carbonyl (C=O) groups is 3. The van der Waals surface area contributed by atoms with Crippen LogP contribution in [0.4, 0.5) is 9.18 Å². The fraction of sp³-hybridized carbons (Fsp3) is 0.483. The van der Waals surface area contributed by atoms with E-state index >= 15 is 0 Å². The fourth-order valence-electron chi connectivity index (χ4n) is 5.41. The maximum absolute atomic E-state index is 13.9. The lowest BCUT2D eigenvalue weighted by molar-refractivity contribution is -0.188. The van der Waals surface area contributed by atoms with E-state index in [-0.39, 0.29) is 43.3 Å². The summed E-state index contributed by atoms with van der Waals surface area (Å²) in [5, 5.41) is 6.08. The van der Waals surface area contributed by atoms with E-state index in [1.165, 1.54) is 12.1 Å². The van der Waals surface area contributed by atoms with E-state index in [2.05, 4.69) is 19.2 Å². The number of amides is 4. The maximum Gasteiger partial charge on any atom is 0.334 e. The molecular formula is C29H38FN5O3. The Balaban J connectivity index is 1.63. The Kier molecular flexibility index (Phi) is 8.99. The number of hydrazine groups is 1.